The van der Waals surface area contributed by atoms with Crippen LogP contribution in [0.4, 0.5) is 4.39 Å². The van der Waals surface area contributed by atoms with Crippen LogP contribution in [0.25, 0.3) is 16.3 Å². The molecule has 1 aliphatic carbocycles. The Labute approximate surface area is 177 Å². The topological polar surface area (TPSA) is 76.3 Å². The van der Waals surface area contributed by atoms with E-state index in [4.69, 9.17) is 4.74 Å². The Bertz CT molecular complexity index is 1130. The summed E-state index contributed by atoms with van der Waals surface area (Å²) in [6.07, 6.45) is 4.01. The molecule has 156 valence electrons. The maximum Gasteiger partial charge on any atom is 0.294 e. The minimum atomic E-state index is -1.01. The summed E-state index contributed by atoms with van der Waals surface area (Å²) in [6.45, 7) is 1.92. The molecule has 0 amide bonds. The maximum absolute atomic E-state index is 14.9. The number of benzene rings is 1. The number of alkyl halides is 1. The second kappa shape index (κ2) is 6.24. The van der Waals surface area contributed by atoms with Crippen LogP contribution in [-0.4, -0.2) is 60.9 Å². The lowest BCUT2D eigenvalue weighted by Gasteiger charge is -2.38. The molecule has 0 radical (unpaired) electrons. The van der Waals surface area contributed by atoms with E-state index >= 15 is 0 Å². The summed E-state index contributed by atoms with van der Waals surface area (Å²) in [7, 11) is 2.03. The average Bonchev–Trinajstić information content (AvgIpc) is 3.00. The van der Waals surface area contributed by atoms with Crippen LogP contribution >= 0.6 is 11.3 Å². The number of ether oxygens (including phenoxy) is 1. The van der Waals surface area contributed by atoms with E-state index in [0.29, 0.717) is 28.6 Å². The van der Waals surface area contributed by atoms with Crippen molar-refractivity contribution in [3.63, 3.8) is 0 Å². The number of halogens is 1. The van der Waals surface area contributed by atoms with Gasteiger partial charge < -0.3 is 9.84 Å². The number of nitrogens with zero attached hydrogens (tertiary/aromatic N) is 5. The van der Waals surface area contributed by atoms with Gasteiger partial charge in [0.2, 0.25) is 0 Å². The van der Waals surface area contributed by atoms with Crippen molar-refractivity contribution < 1.29 is 14.2 Å². The van der Waals surface area contributed by atoms with Gasteiger partial charge in [0.15, 0.2) is 5.01 Å². The van der Waals surface area contributed by atoms with E-state index in [-0.39, 0.29) is 29.9 Å². The van der Waals surface area contributed by atoms with Gasteiger partial charge in [-0.15, -0.1) is 5.10 Å². The molecule has 0 spiro atoms. The molecule has 2 aromatic heterocycles. The molecule has 2 bridgehead atoms. The largest absolute Gasteiger partial charge is 0.507 e. The summed E-state index contributed by atoms with van der Waals surface area (Å²) in [5, 5.41) is 24.3. The van der Waals surface area contributed by atoms with E-state index in [1.807, 2.05) is 38.4 Å². The molecule has 3 fully saturated rings. The minimum absolute atomic E-state index is 0.0450. The van der Waals surface area contributed by atoms with Gasteiger partial charge in [-0.25, -0.2) is 9.07 Å². The first kappa shape index (κ1) is 18.3. The molecule has 3 aromatic rings. The number of aromatic nitrogens is 4. The number of piperidine rings is 2. The third kappa shape index (κ3) is 2.68. The van der Waals surface area contributed by atoms with Crippen molar-refractivity contribution in [2.75, 3.05) is 7.05 Å². The Morgan fingerprint density at radius 3 is 2.87 bits per heavy atom. The third-order valence-electron chi connectivity index (χ3n) is 6.89. The number of rotatable bonds is 4. The van der Waals surface area contributed by atoms with E-state index in [9.17, 15) is 9.50 Å². The second-order valence-corrected chi connectivity index (χ2v) is 9.61. The first-order valence-electron chi connectivity index (χ1n) is 10.2. The van der Waals surface area contributed by atoms with E-state index in [2.05, 4.69) is 20.2 Å². The van der Waals surface area contributed by atoms with Crippen LogP contribution in [0.2, 0.25) is 0 Å². The number of aromatic hydroxyl groups is 1. The third-order valence-corrected chi connectivity index (χ3v) is 7.73. The molecule has 2 aliphatic heterocycles. The van der Waals surface area contributed by atoms with Crippen LogP contribution in [-0.2, 0) is 0 Å². The zero-order valence-electron chi connectivity index (χ0n) is 16.7. The summed E-state index contributed by atoms with van der Waals surface area (Å²) in [5.74, 6) is 0.278. The van der Waals surface area contributed by atoms with Gasteiger partial charge in [0, 0.05) is 43.1 Å². The van der Waals surface area contributed by atoms with Crippen LogP contribution in [0.5, 0.6) is 10.9 Å². The van der Waals surface area contributed by atoms with Crippen LogP contribution in [0.15, 0.2) is 30.5 Å². The van der Waals surface area contributed by atoms with Crippen molar-refractivity contribution in [2.24, 2.45) is 5.92 Å². The number of hydrogen-bond donors (Lipinski definition) is 1. The minimum Gasteiger partial charge on any atom is -0.507 e. The normalized spacial score (nSPS) is 32.2. The van der Waals surface area contributed by atoms with Crippen LogP contribution < -0.4 is 4.74 Å². The highest BCUT2D eigenvalue weighted by molar-refractivity contribution is 7.16. The Morgan fingerprint density at radius 1 is 1.27 bits per heavy atom. The number of hydrogen-bond acceptors (Lipinski definition) is 7. The highest BCUT2D eigenvalue weighted by Gasteiger charge is 2.72. The fourth-order valence-electron chi connectivity index (χ4n) is 5.29. The van der Waals surface area contributed by atoms with Crippen molar-refractivity contribution in [3.05, 3.63) is 36.2 Å². The van der Waals surface area contributed by atoms with Gasteiger partial charge in [-0.2, -0.15) is 5.10 Å². The highest BCUT2D eigenvalue weighted by atomic mass is 32.1. The number of fused-ring (bicyclic) bond motifs is 5. The Kier molecular flexibility index (Phi) is 3.80. The van der Waals surface area contributed by atoms with Gasteiger partial charge in [-0.1, -0.05) is 16.4 Å². The van der Waals surface area contributed by atoms with Gasteiger partial charge in [0.05, 0.1) is 16.9 Å². The quantitative estimate of drug-likeness (QED) is 0.688. The van der Waals surface area contributed by atoms with E-state index in [1.165, 1.54) is 11.3 Å². The second-order valence-electron chi connectivity index (χ2n) is 8.67. The first-order chi connectivity index (χ1) is 14.4. The molecule has 1 N–H and O–H groups in total. The molecule has 1 saturated carbocycles. The lowest BCUT2D eigenvalue weighted by Crippen LogP contribution is -2.48. The average molecular weight is 428 g/mol. The maximum atomic E-state index is 14.9. The molecule has 2 saturated heterocycles. The lowest BCUT2D eigenvalue weighted by atomic mass is 9.95. The summed E-state index contributed by atoms with van der Waals surface area (Å²) < 4.78 is 22.7. The molecule has 30 heavy (non-hydrogen) atoms. The van der Waals surface area contributed by atoms with Gasteiger partial charge in [0.25, 0.3) is 5.19 Å². The lowest BCUT2D eigenvalue weighted by molar-refractivity contribution is 0.0285. The van der Waals surface area contributed by atoms with Crippen LogP contribution in [0.3, 0.4) is 0 Å². The molecule has 7 nitrogen and oxygen atoms in total. The number of phenolic OH excluding ortho intramolecular Hbond substituents is 1. The Morgan fingerprint density at radius 2 is 2.13 bits per heavy atom. The predicted octanol–water partition coefficient (Wildman–Crippen LogP) is 3.36. The zero-order valence-corrected chi connectivity index (χ0v) is 17.5. The SMILES string of the molecule is Cc1ccn(-c2ccc(-c3nnc(OC4CC5C6CC6(F)C(C4)N5C)s3)c(O)c2)n1. The van der Waals surface area contributed by atoms with Crippen molar-refractivity contribution in [1.82, 2.24) is 24.9 Å². The molecule has 1 aromatic carbocycles. The first-order valence-corrected chi connectivity index (χ1v) is 11.0. The monoisotopic (exact) mass is 427 g/mol. The molecule has 5 atom stereocenters. The number of phenols is 1. The molecule has 9 heteroatoms. The van der Waals surface area contributed by atoms with Crippen molar-refractivity contribution in [2.45, 2.75) is 50.0 Å². The van der Waals surface area contributed by atoms with Gasteiger partial charge in [-0.3, -0.25) is 4.90 Å². The fraction of sp³-hybridized carbons (Fsp3) is 0.476. The molecule has 3 aliphatic rings. The molecular formula is C21H22FN5O2S. The van der Waals surface area contributed by atoms with Gasteiger partial charge in [0.1, 0.15) is 17.5 Å². The van der Waals surface area contributed by atoms with Crippen molar-refractivity contribution >= 4 is 11.3 Å². The Balaban J connectivity index is 1.19. The van der Waals surface area contributed by atoms with E-state index in [1.54, 1.807) is 10.7 Å². The van der Waals surface area contributed by atoms with E-state index in [0.717, 1.165) is 17.8 Å². The number of aryl methyl sites for hydroxylation is 1. The van der Waals surface area contributed by atoms with Crippen molar-refractivity contribution in [1.29, 1.82) is 0 Å². The smallest absolute Gasteiger partial charge is 0.294 e. The standard InChI is InChI=1S/C21H22FN5O2S/c1-11-5-6-27(25-11)12-3-4-14(17(28)7-12)19-23-24-20(30-19)29-13-8-16-15-10-21(15,22)18(9-13)26(16)2/h3-7,13,15-16,18,28H,8-10H2,1-2H3. The van der Waals surface area contributed by atoms with Crippen LogP contribution in [0.1, 0.15) is 25.0 Å². The molecule has 6 rings (SSSR count). The van der Waals surface area contributed by atoms with E-state index < -0.39 is 5.67 Å². The zero-order chi connectivity index (χ0) is 20.6. The molecular weight excluding hydrogens is 405 g/mol. The summed E-state index contributed by atoms with van der Waals surface area (Å²) in [4.78, 5) is 2.19. The summed E-state index contributed by atoms with van der Waals surface area (Å²) >= 11 is 1.30. The Hall–Kier alpha value is -2.52. The van der Waals surface area contributed by atoms with Gasteiger partial charge >= 0.3 is 0 Å². The summed E-state index contributed by atoms with van der Waals surface area (Å²) in [5.41, 5.74) is 1.26. The van der Waals surface area contributed by atoms with Gasteiger partial charge in [-0.05, 0) is 38.6 Å². The van der Waals surface area contributed by atoms with Crippen LogP contribution in [0, 0.1) is 12.8 Å². The molecule has 4 heterocycles. The predicted molar refractivity (Wildman–Crippen MR) is 110 cm³/mol. The fourth-order valence-corrected chi connectivity index (χ4v) is 6.08. The molecule has 5 unspecified atom stereocenters. The highest BCUT2D eigenvalue weighted by Crippen LogP contribution is 2.63. The summed E-state index contributed by atoms with van der Waals surface area (Å²) in [6, 6.07) is 7.45. The van der Waals surface area contributed by atoms with Crippen molar-refractivity contribution in [3.8, 4) is 27.2 Å².